The highest BCUT2D eigenvalue weighted by Gasteiger charge is 2.11. The van der Waals surface area contributed by atoms with Gasteiger partial charge in [0.1, 0.15) is 5.75 Å². The van der Waals surface area contributed by atoms with Crippen LogP contribution in [-0.4, -0.2) is 20.8 Å². The smallest absolute Gasteiger partial charge is 0.173 e. The molecule has 1 heterocycles. The Kier molecular flexibility index (Phi) is 3.52. The van der Waals surface area contributed by atoms with Gasteiger partial charge in [-0.05, 0) is 18.2 Å². The molecule has 0 aliphatic carbocycles. The molecule has 1 aromatic carbocycles. The van der Waals surface area contributed by atoms with E-state index in [0.29, 0.717) is 17.1 Å². The number of amidine groups is 1. The topological polar surface area (TPSA) is 85.7 Å². The minimum Gasteiger partial charge on any atom is -0.453 e. The molecule has 0 aliphatic heterocycles. The average molecular weight is 311 g/mol. The normalized spacial score (nSPS) is 11.6. The van der Waals surface area contributed by atoms with E-state index in [0.717, 1.165) is 4.47 Å². The van der Waals surface area contributed by atoms with Gasteiger partial charge in [-0.2, -0.15) is 5.10 Å². The van der Waals surface area contributed by atoms with Gasteiger partial charge < -0.3 is 15.7 Å². The molecule has 0 spiro atoms. The van der Waals surface area contributed by atoms with Crippen LogP contribution in [0.4, 0.5) is 0 Å². The highest BCUT2D eigenvalue weighted by Crippen LogP contribution is 2.27. The Morgan fingerprint density at radius 1 is 1.56 bits per heavy atom. The second-order valence-electron chi connectivity index (χ2n) is 3.58. The lowest BCUT2D eigenvalue weighted by molar-refractivity contribution is 0.318. The fraction of sp³-hybridized carbons (Fsp3) is 0.0909. The van der Waals surface area contributed by atoms with E-state index < -0.39 is 0 Å². The molecule has 94 valence electrons. The van der Waals surface area contributed by atoms with Crippen LogP contribution < -0.4 is 10.5 Å². The predicted octanol–water partition coefficient (Wildman–Crippen LogP) is 2.07. The van der Waals surface area contributed by atoms with Crippen molar-refractivity contribution in [2.45, 2.75) is 0 Å². The molecule has 3 N–H and O–H groups in total. The third-order valence-corrected chi connectivity index (χ3v) is 2.73. The van der Waals surface area contributed by atoms with Gasteiger partial charge in [0.2, 0.25) is 0 Å². The molecule has 1 aromatic heterocycles. The summed E-state index contributed by atoms with van der Waals surface area (Å²) in [4.78, 5) is 0. The van der Waals surface area contributed by atoms with Gasteiger partial charge in [-0.1, -0.05) is 21.1 Å². The Balaban J connectivity index is 2.38. The Morgan fingerprint density at radius 3 is 2.94 bits per heavy atom. The number of oxime groups is 1. The molecule has 0 aliphatic rings. The van der Waals surface area contributed by atoms with Crippen molar-refractivity contribution in [3.63, 3.8) is 0 Å². The van der Waals surface area contributed by atoms with Crippen LogP contribution in [0.3, 0.4) is 0 Å². The molecule has 0 bridgehead atoms. The maximum absolute atomic E-state index is 8.75. The van der Waals surface area contributed by atoms with E-state index in [-0.39, 0.29) is 5.84 Å². The average Bonchev–Trinajstić information content (AvgIpc) is 2.76. The molecule has 7 heteroatoms. The highest BCUT2D eigenvalue weighted by molar-refractivity contribution is 9.10. The molecular weight excluding hydrogens is 300 g/mol. The summed E-state index contributed by atoms with van der Waals surface area (Å²) in [6, 6.07) is 5.24. The van der Waals surface area contributed by atoms with Crippen LogP contribution in [0.15, 0.2) is 40.2 Å². The van der Waals surface area contributed by atoms with Gasteiger partial charge in [-0.15, -0.1) is 0 Å². The summed E-state index contributed by atoms with van der Waals surface area (Å²) in [6.45, 7) is 0. The third-order valence-electron chi connectivity index (χ3n) is 2.23. The van der Waals surface area contributed by atoms with Crippen molar-refractivity contribution >= 4 is 21.8 Å². The van der Waals surface area contributed by atoms with E-state index in [9.17, 15) is 0 Å². The number of hydrogen-bond donors (Lipinski definition) is 2. The Labute approximate surface area is 112 Å². The first kappa shape index (κ1) is 12.4. The van der Waals surface area contributed by atoms with Gasteiger partial charge >= 0.3 is 0 Å². The van der Waals surface area contributed by atoms with E-state index in [1.54, 1.807) is 42.3 Å². The molecule has 0 saturated heterocycles. The van der Waals surface area contributed by atoms with E-state index in [1.165, 1.54) is 0 Å². The standard InChI is InChI=1S/C11H11BrN4O2/c1-16-6-8(5-14-16)18-10-3-2-7(12)4-9(10)11(13)15-17/h2-6,17H,1H3,(H2,13,15). The van der Waals surface area contributed by atoms with Crippen molar-refractivity contribution in [3.8, 4) is 11.5 Å². The van der Waals surface area contributed by atoms with E-state index in [1.807, 2.05) is 0 Å². The van der Waals surface area contributed by atoms with Crippen LogP contribution in [0, 0.1) is 0 Å². The summed E-state index contributed by atoms with van der Waals surface area (Å²) in [5.41, 5.74) is 6.10. The first-order valence-electron chi connectivity index (χ1n) is 5.04. The lowest BCUT2D eigenvalue weighted by Crippen LogP contribution is -2.14. The van der Waals surface area contributed by atoms with E-state index >= 15 is 0 Å². The van der Waals surface area contributed by atoms with Crippen LogP contribution in [0.5, 0.6) is 11.5 Å². The maximum atomic E-state index is 8.75. The van der Waals surface area contributed by atoms with Gasteiger partial charge in [0, 0.05) is 11.5 Å². The van der Waals surface area contributed by atoms with Crippen LogP contribution in [0.2, 0.25) is 0 Å². The minimum atomic E-state index is -0.0183. The van der Waals surface area contributed by atoms with E-state index in [2.05, 4.69) is 26.2 Å². The molecule has 18 heavy (non-hydrogen) atoms. The minimum absolute atomic E-state index is 0.0183. The predicted molar refractivity (Wildman–Crippen MR) is 69.9 cm³/mol. The molecule has 6 nitrogen and oxygen atoms in total. The van der Waals surface area contributed by atoms with Crippen molar-refractivity contribution in [2.24, 2.45) is 17.9 Å². The first-order valence-corrected chi connectivity index (χ1v) is 5.83. The van der Waals surface area contributed by atoms with Crippen LogP contribution in [-0.2, 0) is 7.05 Å². The second-order valence-corrected chi connectivity index (χ2v) is 4.49. The van der Waals surface area contributed by atoms with Crippen LogP contribution >= 0.6 is 15.9 Å². The number of nitrogens with zero attached hydrogens (tertiary/aromatic N) is 3. The van der Waals surface area contributed by atoms with Crippen molar-refractivity contribution in [1.29, 1.82) is 0 Å². The lowest BCUT2D eigenvalue weighted by Gasteiger charge is -2.08. The molecule has 0 amide bonds. The number of rotatable bonds is 3. The zero-order valence-corrected chi connectivity index (χ0v) is 11.1. The van der Waals surface area contributed by atoms with Crippen molar-refractivity contribution in [2.75, 3.05) is 0 Å². The highest BCUT2D eigenvalue weighted by atomic mass is 79.9. The fourth-order valence-corrected chi connectivity index (χ4v) is 1.78. The second kappa shape index (κ2) is 5.09. The summed E-state index contributed by atoms with van der Waals surface area (Å²) in [7, 11) is 1.79. The van der Waals surface area contributed by atoms with Gasteiger partial charge in [-0.3, -0.25) is 4.68 Å². The molecule has 0 atom stereocenters. The number of halogens is 1. The number of nitrogens with two attached hydrogens (primary N) is 1. The molecule has 0 unspecified atom stereocenters. The summed E-state index contributed by atoms with van der Waals surface area (Å²) in [6.07, 6.45) is 3.30. The molecule has 2 aromatic rings. The maximum Gasteiger partial charge on any atom is 0.173 e. The quantitative estimate of drug-likeness (QED) is 0.393. The Bertz CT molecular complexity index is 594. The Hall–Kier alpha value is -2.02. The summed E-state index contributed by atoms with van der Waals surface area (Å²) >= 11 is 3.32. The molecule has 0 radical (unpaired) electrons. The van der Waals surface area contributed by atoms with Gasteiger partial charge in [0.15, 0.2) is 11.6 Å². The molecule has 0 saturated carbocycles. The largest absolute Gasteiger partial charge is 0.453 e. The number of hydrogen-bond acceptors (Lipinski definition) is 4. The number of aromatic nitrogens is 2. The van der Waals surface area contributed by atoms with E-state index in [4.69, 9.17) is 15.7 Å². The van der Waals surface area contributed by atoms with Gasteiger partial charge in [-0.25, -0.2) is 0 Å². The van der Waals surface area contributed by atoms with Crippen LogP contribution in [0.25, 0.3) is 0 Å². The zero-order chi connectivity index (χ0) is 13.1. The van der Waals surface area contributed by atoms with Crippen molar-refractivity contribution in [1.82, 2.24) is 9.78 Å². The summed E-state index contributed by atoms with van der Waals surface area (Å²) < 4.78 is 8.06. The lowest BCUT2D eigenvalue weighted by atomic mass is 10.2. The number of benzene rings is 1. The SMILES string of the molecule is Cn1cc(Oc2ccc(Br)cc2/C(N)=N/O)cn1. The van der Waals surface area contributed by atoms with Crippen molar-refractivity contribution < 1.29 is 9.94 Å². The Morgan fingerprint density at radius 2 is 2.33 bits per heavy atom. The van der Waals surface area contributed by atoms with Crippen molar-refractivity contribution in [3.05, 3.63) is 40.6 Å². The third kappa shape index (κ3) is 2.62. The fourth-order valence-electron chi connectivity index (χ4n) is 1.42. The first-order chi connectivity index (χ1) is 8.60. The van der Waals surface area contributed by atoms with Crippen LogP contribution in [0.1, 0.15) is 5.56 Å². The monoisotopic (exact) mass is 310 g/mol. The number of aryl methyl sites for hydroxylation is 1. The number of ether oxygens (including phenoxy) is 1. The molecular formula is C11H11BrN4O2. The van der Waals surface area contributed by atoms with Gasteiger partial charge in [0.05, 0.1) is 18.0 Å². The molecule has 0 fully saturated rings. The molecule has 2 rings (SSSR count). The van der Waals surface area contributed by atoms with Gasteiger partial charge in [0.25, 0.3) is 0 Å². The summed E-state index contributed by atoms with van der Waals surface area (Å²) in [5, 5.41) is 15.7. The zero-order valence-electron chi connectivity index (χ0n) is 9.54. The summed E-state index contributed by atoms with van der Waals surface area (Å²) in [5.74, 6) is 1.04.